The van der Waals surface area contributed by atoms with Gasteiger partial charge in [0, 0.05) is 0 Å². The van der Waals surface area contributed by atoms with E-state index in [1.807, 2.05) is 41.1 Å². The van der Waals surface area contributed by atoms with Crippen molar-refractivity contribution < 1.29 is 9.53 Å². The maximum Gasteiger partial charge on any atom is 0.319 e. The Balaban J connectivity index is 2.03. The number of rotatable bonds is 8. The van der Waals surface area contributed by atoms with Crippen LogP contribution in [0.25, 0.3) is 16.4 Å². The highest BCUT2D eigenvalue weighted by Crippen LogP contribution is 2.33. The number of carbonyl (C=O) groups excluding carboxylic acids is 1. The fourth-order valence-corrected chi connectivity index (χ4v) is 4.62. The summed E-state index contributed by atoms with van der Waals surface area (Å²) in [4.78, 5) is 13.4. The summed E-state index contributed by atoms with van der Waals surface area (Å²) >= 11 is 3.05. The molecule has 1 atom stereocenters. The zero-order valence-corrected chi connectivity index (χ0v) is 17.3. The van der Waals surface area contributed by atoms with Gasteiger partial charge in [0.25, 0.3) is 0 Å². The second kappa shape index (κ2) is 9.19. The van der Waals surface area contributed by atoms with Crippen LogP contribution in [0.2, 0.25) is 0 Å². The molecule has 3 rings (SSSR count). The number of thiophene rings is 1. The van der Waals surface area contributed by atoms with Crippen molar-refractivity contribution in [2.24, 2.45) is 0 Å². The molecule has 0 fully saturated rings. The van der Waals surface area contributed by atoms with Crippen LogP contribution in [-0.2, 0) is 9.53 Å². The highest BCUT2D eigenvalue weighted by molar-refractivity contribution is 8.00. The summed E-state index contributed by atoms with van der Waals surface area (Å²) in [5.41, 5.74) is 2.15. The number of thioether (sulfide) groups is 1. The number of aromatic nitrogens is 3. The lowest BCUT2D eigenvalue weighted by Crippen LogP contribution is -2.20. The number of esters is 1. The van der Waals surface area contributed by atoms with Crippen molar-refractivity contribution in [1.29, 1.82) is 0 Å². The predicted molar refractivity (Wildman–Crippen MR) is 111 cm³/mol. The SMILES string of the molecule is CCC[C@@H](Sc1nnc(-c2cccs2)n1-c1cccc(C)c1)C(=O)OCC. The van der Waals surface area contributed by atoms with Crippen molar-refractivity contribution in [2.45, 2.75) is 44.0 Å². The molecule has 1 aromatic carbocycles. The van der Waals surface area contributed by atoms with Gasteiger partial charge in [-0.05, 0) is 49.4 Å². The van der Waals surface area contributed by atoms with Crippen LogP contribution in [0, 0.1) is 6.92 Å². The zero-order chi connectivity index (χ0) is 19.2. The maximum atomic E-state index is 12.4. The molecule has 0 bridgehead atoms. The summed E-state index contributed by atoms with van der Waals surface area (Å²) in [5, 5.41) is 11.3. The molecular weight excluding hydrogens is 378 g/mol. The van der Waals surface area contributed by atoms with E-state index in [0.717, 1.165) is 34.8 Å². The first-order valence-corrected chi connectivity index (χ1v) is 10.8. The molecule has 0 N–H and O–H groups in total. The van der Waals surface area contributed by atoms with Crippen LogP contribution in [0.5, 0.6) is 0 Å². The Kier molecular flexibility index (Phi) is 6.68. The highest BCUT2D eigenvalue weighted by atomic mass is 32.2. The number of benzene rings is 1. The number of nitrogens with zero attached hydrogens (tertiary/aromatic N) is 3. The van der Waals surface area contributed by atoms with Crippen molar-refractivity contribution in [3.05, 3.63) is 47.3 Å². The van der Waals surface area contributed by atoms with Crippen LogP contribution in [0.4, 0.5) is 0 Å². The van der Waals surface area contributed by atoms with E-state index in [-0.39, 0.29) is 11.2 Å². The number of hydrogen-bond acceptors (Lipinski definition) is 6. The van der Waals surface area contributed by atoms with Gasteiger partial charge in [0.15, 0.2) is 11.0 Å². The van der Waals surface area contributed by atoms with Gasteiger partial charge in [-0.2, -0.15) is 0 Å². The largest absolute Gasteiger partial charge is 0.465 e. The Bertz CT molecular complexity index is 891. The summed E-state index contributed by atoms with van der Waals surface area (Å²) in [6.45, 7) is 6.33. The second-order valence-corrected chi connectivity index (χ2v) is 8.22. The quantitative estimate of drug-likeness (QED) is 0.387. The Labute approximate surface area is 167 Å². The lowest BCUT2D eigenvalue weighted by molar-refractivity contribution is -0.142. The molecule has 0 saturated heterocycles. The normalized spacial score (nSPS) is 12.1. The average Bonchev–Trinajstić information content (AvgIpc) is 3.31. The molecule has 7 heteroatoms. The van der Waals surface area contributed by atoms with Crippen LogP contribution >= 0.6 is 23.1 Å². The molecule has 5 nitrogen and oxygen atoms in total. The Morgan fingerprint density at radius 1 is 1.26 bits per heavy atom. The minimum Gasteiger partial charge on any atom is -0.465 e. The van der Waals surface area contributed by atoms with E-state index in [0.29, 0.717) is 11.8 Å². The molecule has 142 valence electrons. The number of ether oxygens (including phenoxy) is 1. The molecule has 27 heavy (non-hydrogen) atoms. The van der Waals surface area contributed by atoms with Crippen molar-refractivity contribution in [1.82, 2.24) is 14.8 Å². The summed E-state index contributed by atoms with van der Waals surface area (Å²) in [7, 11) is 0. The monoisotopic (exact) mass is 401 g/mol. The fourth-order valence-electron chi connectivity index (χ4n) is 2.76. The molecule has 0 aliphatic carbocycles. The van der Waals surface area contributed by atoms with Gasteiger partial charge in [0.2, 0.25) is 0 Å². The average molecular weight is 402 g/mol. The topological polar surface area (TPSA) is 57.0 Å². The Morgan fingerprint density at radius 3 is 2.78 bits per heavy atom. The minimum absolute atomic E-state index is 0.194. The van der Waals surface area contributed by atoms with Crippen LogP contribution in [0.15, 0.2) is 46.9 Å². The maximum absolute atomic E-state index is 12.4. The smallest absolute Gasteiger partial charge is 0.319 e. The predicted octanol–water partition coefficient (Wildman–Crippen LogP) is 5.13. The third-order valence-corrected chi connectivity index (χ3v) is 6.04. The third-order valence-electron chi connectivity index (χ3n) is 3.98. The molecule has 0 radical (unpaired) electrons. The molecule has 2 heterocycles. The van der Waals surface area contributed by atoms with E-state index in [4.69, 9.17) is 4.74 Å². The van der Waals surface area contributed by atoms with E-state index >= 15 is 0 Å². The van der Waals surface area contributed by atoms with E-state index in [2.05, 4.69) is 36.2 Å². The van der Waals surface area contributed by atoms with Gasteiger partial charge in [-0.3, -0.25) is 9.36 Å². The first-order valence-electron chi connectivity index (χ1n) is 9.03. The molecule has 0 amide bonds. The summed E-state index contributed by atoms with van der Waals surface area (Å²) in [6.07, 6.45) is 1.63. The number of aryl methyl sites for hydroxylation is 1. The first-order chi connectivity index (χ1) is 13.1. The van der Waals surface area contributed by atoms with Gasteiger partial charge in [-0.25, -0.2) is 0 Å². The second-order valence-electron chi connectivity index (χ2n) is 6.11. The van der Waals surface area contributed by atoms with Gasteiger partial charge in [-0.1, -0.05) is 43.3 Å². The van der Waals surface area contributed by atoms with Gasteiger partial charge in [0.1, 0.15) is 5.25 Å². The third kappa shape index (κ3) is 4.59. The first kappa shape index (κ1) is 19.6. The molecule has 0 aliphatic rings. The summed E-state index contributed by atoms with van der Waals surface area (Å²) in [6, 6.07) is 12.3. The number of carbonyl (C=O) groups is 1. The molecule has 2 aromatic heterocycles. The zero-order valence-electron chi connectivity index (χ0n) is 15.7. The van der Waals surface area contributed by atoms with Crippen molar-refractivity contribution in [3.63, 3.8) is 0 Å². The summed E-state index contributed by atoms with van der Waals surface area (Å²) in [5.74, 6) is 0.595. The summed E-state index contributed by atoms with van der Waals surface area (Å²) < 4.78 is 7.29. The van der Waals surface area contributed by atoms with Gasteiger partial charge in [0.05, 0.1) is 17.2 Å². The minimum atomic E-state index is -0.293. The van der Waals surface area contributed by atoms with E-state index in [1.54, 1.807) is 11.3 Å². The molecule has 0 spiro atoms. The van der Waals surface area contributed by atoms with Crippen LogP contribution < -0.4 is 0 Å². The van der Waals surface area contributed by atoms with Crippen LogP contribution in [0.3, 0.4) is 0 Å². The van der Waals surface area contributed by atoms with Gasteiger partial charge >= 0.3 is 5.97 Å². The van der Waals surface area contributed by atoms with E-state index in [9.17, 15) is 4.79 Å². The van der Waals surface area contributed by atoms with E-state index in [1.165, 1.54) is 11.8 Å². The molecule has 0 saturated carbocycles. The van der Waals surface area contributed by atoms with E-state index < -0.39 is 0 Å². The lowest BCUT2D eigenvalue weighted by Gasteiger charge is -2.15. The molecule has 0 aliphatic heterocycles. The Hall–Kier alpha value is -2.12. The van der Waals surface area contributed by atoms with Gasteiger partial charge < -0.3 is 4.74 Å². The van der Waals surface area contributed by atoms with Crippen molar-refractivity contribution >= 4 is 29.1 Å². The van der Waals surface area contributed by atoms with Crippen LogP contribution in [-0.4, -0.2) is 32.6 Å². The fraction of sp³-hybridized carbons (Fsp3) is 0.350. The standard InChI is InChI=1S/C20H23N3O2S2/c1-4-8-17(19(24)25-5-2)27-20-22-21-18(16-11-7-12-26-16)23(20)15-10-6-9-14(3)13-15/h6-7,9-13,17H,4-5,8H2,1-3H3/t17-/m1/s1. The lowest BCUT2D eigenvalue weighted by atomic mass is 10.2. The van der Waals surface area contributed by atoms with Crippen molar-refractivity contribution in [3.8, 4) is 16.4 Å². The molecule has 3 aromatic rings. The molecular formula is C20H23N3O2S2. The molecule has 0 unspecified atom stereocenters. The van der Waals surface area contributed by atoms with Crippen molar-refractivity contribution in [2.75, 3.05) is 6.61 Å². The van der Waals surface area contributed by atoms with Crippen LogP contribution in [0.1, 0.15) is 32.3 Å². The Morgan fingerprint density at radius 2 is 2.11 bits per heavy atom. The number of hydrogen-bond donors (Lipinski definition) is 0. The van der Waals surface area contributed by atoms with Gasteiger partial charge in [-0.15, -0.1) is 21.5 Å². The highest BCUT2D eigenvalue weighted by Gasteiger charge is 2.25.